The maximum absolute atomic E-state index is 12.7. The van der Waals surface area contributed by atoms with E-state index in [0.29, 0.717) is 24.6 Å². The molecule has 8 nitrogen and oxygen atoms in total. The van der Waals surface area contributed by atoms with Gasteiger partial charge in [-0.15, -0.1) is 0 Å². The number of hydrogen-bond acceptors (Lipinski definition) is 5. The van der Waals surface area contributed by atoms with Gasteiger partial charge in [-0.1, -0.05) is 12.1 Å². The Kier molecular flexibility index (Phi) is 5.63. The fourth-order valence-electron chi connectivity index (χ4n) is 3.82. The second kappa shape index (κ2) is 8.37. The van der Waals surface area contributed by atoms with Crippen molar-refractivity contribution in [3.8, 4) is 0 Å². The lowest BCUT2D eigenvalue weighted by atomic mass is 10.2. The van der Waals surface area contributed by atoms with Gasteiger partial charge in [0.25, 0.3) is 5.91 Å². The molecule has 1 fully saturated rings. The number of carbonyl (C=O) groups is 2. The van der Waals surface area contributed by atoms with Crippen LogP contribution in [0.1, 0.15) is 44.0 Å². The number of anilines is 1. The van der Waals surface area contributed by atoms with Gasteiger partial charge < -0.3 is 14.2 Å². The Bertz CT molecular complexity index is 1090. The molecule has 3 aromatic rings. The van der Waals surface area contributed by atoms with Crippen LogP contribution in [0.3, 0.4) is 0 Å². The summed E-state index contributed by atoms with van der Waals surface area (Å²) in [6, 6.07) is 11.1. The molecule has 1 saturated heterocycles. The molecule has 31 heavy (non-hydrogen) atoms. The number of nitrogens with zero attached hydrogens (tertiary/aromatic N) is 4. The Labute approximate surface area is 181 Å². The lowest BCUT2D eigenvalue weighted by molar-refractivity contribution is 0.0215. The van der Waals surface area contributed by atoms with Gasteiger partial charge in [-0.25, -0.2) is 9.78 Å². The van der Waals surface area contributed by atoms with Crippen LogP contribution in [0.15, 0.2) is 48.8 Å². The second-order valence-electron chi connectivity index (χ2n) is 8.70. The molecular formula is C23H27N5O3. The van der Waals surface area contributed by atoms with E-state index in [1.807, 2.05) is 49.6 Å². The molecule has 4 rings (SSSR count). The average molecular weight is 422 g/mol. The molecule has 0 spiro atoms. The molecule has 0 bridgehead atoms. The topological polar surface area (TPSA) is 89.4 Å². The highest BCUT2D eigenvalue weighted by Crippen LogP contribution is 2.26. The number of hydrogen-bond donors (Lipinski definition) is 1. The van der Waals surface area contributed by atoms with Gasteiger partial charge in [0.05, 0.1) is 22.6 Å². The Hall–Kier alpha value is -3.42. The lowest BCUT2D eigenvalue weighted by Crippen LogP contribution is -2.41. The van der Waals surface area contributed by atoms with Gasteiger partial charge in [0.2, 0.25) is 5.95 Å². The van der Waals surface area contributed by atoms with Crippen LogP contribution in [-0.2, 0) is 11.3 Å². The molecule has 1 N–H and O–H groups in total. The maximum Gasteiger partial charge on any atom is 0.410 e. The summed E-state index contributed by atoms with van der Waals surface area (Å²) >= 11 is 0. The zero-order chi connectivity index (χ0) is 22.0. The van der Waals surface area contributed by atoms with Crippen LogP contribution in [0.25, 0.3) is 11.0 Å². The number of benzene rings is 1. The van der Waals surface area contributed by atoms with E-state index in [9.17, 15) is 9.59 Å². The summed E-state index contributed by atoms with van der Waals surface area (Å²) in [6.07, 6.45) is 4.61. The Morgan fingerprint density at radius 1 is 1.19 bits per heavy atom. The average Bonchev–Trinajstić information content (AvgIpc) is 3.33. The molecule has 2 aromatic heterocycles. The Morgan fingerprint density at radius 3 is 2.74 bits per heavy atom. The number of ether oxygens (including phenoxy) is 1. The molecule has 1 aromatic carbocycles. The van der Waals surface area contributed by atoms with Gasteiger partial charge in [-0.3, -0.25) is 15.1 Å². The summed E-state index contributed by atoms with van der Waals surface area (Å²) in [4.78, 5) is 35.9. The summed E-state index contributed by atoms with van der Waals surface area (Å²) < 4.78 is 7.57. The van der Waals surface area contributed by atoms with Gasteiger partial charge in [-0.2, -0.15) is 0 Å². The van der Waals surface area contributed by atoms with E-state index in [1.165, 1.54) is 6.20 Å². The smallest absolute Gasteiger partial charge is 0.410 e. The molecule has 1 atom stereocenters. The first kappa shape index (κ1) is 20.8. The van der Waals surface area contributed by atoms with E-state index in [1.54, 1.807) is 23.2 Å². The fraction of sp³-hybridized carbons (Fsp3) is 0.391. The molecule has 1 aliphatic rings. The number of nitrogens with one attached hydrogen (secondary N) is 1. The van der Waals surface area contributed by atoms with Crippen LogP contribution in [-0.4, -0.2) is 49.6 Å². The molecule has 162 valence electrons. The summed E-state index contributed by atoms with van der Waals surface area (Å²) in [7, 11) is 0. The number of rotatable bonds is 4. The van der Waals surface area contributed by atoms with Crippen molar-refractivity contribution >= 4 is 29.0 Å². The minimum Gasteiger partial charge on any atom is -0.444 e. The SMILES string of the molecule is CC(C)(C)OC(=O)N1CCCC1Cn1c(NC(=O)c2cccnc2)nc2ccccc21. The Morgan fingerprint density at radius 2 is 2.00 bits per heavy atom. The molecular weight excluding hydrogens is 394 g/mol. The van der Waals surface area contributed by atoms with Gasteiger partial charge in [0, 0.05) is 25.5 Å². The van der Waals surface area contributed by atoms with Gasteiger partial charge >= 0.3 is 6.09 Å². The quantitative estimate of drug-likeness (QED) is 0.686. The number of imidazole rings is 1. The van der Waals surface area contributed by atoms with Gasteiger partial charge in [0.1, 0.15) is 5.60 Å². The summed E-state index contributed by atoms with van der Waals surface area (Å²) in [5.74, 6) is 0.172. The van der Waals surface area contributed by atoms with Crippen LogP contribution in [0, 0.1) is 0 Å². The van der Waals surface area contributed by atoms with Crippen molar-refractivity contribution < 1.29 is 14.3 Å². The van der Waals surface area contributed by atoms with Gasteiger partial charge in [-0.05, 0) is 57.9 Å². The van der Waals surface area contributed by atoms with Crippen molar-refractivity contribution in [2.75, 3.05) is 11.9 Å². The molecule has 1 unspecified atom stereocenters. The lowest BCUT2D eigenvalue weighted by Gasteiger charge is -2.29. The zero-order valence-corrected chi connectivity index (χ0v) is 18.0. The van der Waals surface area contributed by atoms with Crippen LogP contribution in [0.5, 0.6) is 0 Å². The van der Waals surface area contributed by atoms with E-state index in [-0.39, 0.29) is 18.0 Å². The van der Waals surface area contributed by atoms with E-state index in [4.69, 9.17) is 4.74 Å². The van der Waals surface area contributed by atoms with E-state index in [2.05, 4.69) is 15.3 Å². The molecule has 0 radical (unpaired) electrons. The number of fused-ring (bicyclic) bond motifs is 1. The minimum atomic E-state index is -0.547. The van der Waals surface area contributed by atoms with Crippen molar-refractivity contribution in [3.05, 3.63) is 54.4 Å². The Balaban J connectivity index is 1.61. The second-order valence-corrected chi connectivity index (χ2v) is 8.70. The highest BCUT2D eigenvalue weighted by atomic mass is 16.6. The highest BCUT2D eigenvalue weighted by molar-refractivity contribution is 6.03. The van der Waals surface area contributed by atoms with Crippen molar-refractivity contribution in [1.29, 1.82) is 0 Å². The first-order valence-corrected chi connectivity index (χ1v) is 10.5. The zero-order valence-electron chi connectivity index (χ0n) is 18.0. The third kappa shape index (κ3) is 4.68. The summed E-state index contributed by atoms with van der Waals surface area (Å²) in [5.41, 5.74) is 1.59. The number of para-hydroxylation sites is 2. The predicted octanol–water partition coefficient (Wildman–Crippen LogP) is 4.08. The van der Waals surface area contributed by atoms with Crippen molar-refractivity contribution in [3.63, 3.8) is 0 Å². The number of amides is 2. The van der Waals surface area contributed by atoms with Crippen LogP contribution >= 0.6 is 0 Å². The normalized spacial score (nSPS) is 16.5. The van der Waals surface area contributed by atoms with Crippen molar-refractivity contribution in [1.82, 2.24) is 19.4 Å². The monoisotopic (exact) mass is 421 g/mol. The first-order chi connectivity index (χ1) is 14.8. The third-order valence-electron chi connectivity index (χ3n) is 5.20. The number of aromatic nitrogens is 3. The standard InChI is InChI=1S/C23H27N5O3/c1-23(2,3)31-22(30)27-13-7-9-17(27)15-28-19-11-5-4-10-18(19)25-21(28)26-20(29)16-8-6-12-24-14-16/h4-6,8,10-12,14,17H,7,9,13,15H2,1-3H3,(H,25,26,29). The molecule has 1 aliphatic heterocycles. The van der Waals surface area contributed by atoms with E-state index >= 15 is 0 Å². The maximum atomic E-state index is 12.7. The van der Waals surface area contributed by atoms with Crippen molar-refractivity contribution in [2.24, 2.45) is 0 Å². The first-order valence-electron chi connectivity index (χ1n) is 10.5. The highest BCUT2D eigenvalue weighted by Gasteiger charge is 2.33. The van der Waals surface area contributed by atoms with E-state index < -0.39 is 5.60 Å². The molecule has 8 heteroatoms. The molecule has 2 amide bonds. The molecule has 0 saturated carbocycles. The third-order valence-corrected chi connectivity index (χ3v) is 5.20. The summed E-state index contributed by atoms with van der Waals surface area (Å²) in [5, 5.41) is 2.91. The van der Waals surface area contributed by atoms with Crippen LogP contribution in [0.2, 0.25) is 0 Å². The van der Waals surface area contributed by atoms with Gasteiger partial charge in [0.15, 0.2) is 0 Å². The number of carbonyl (C=O) groups excluding carboxylic acids is 2. The largest absolute Gasteiger partial charge is 0.444 e. The number of pyridine rings is 1. The van der Waals surface area contributed by atoms with Crippen LogP contribution < -0.4 is 5.32 Å². The molecule has 3 heterocycles. The van der Waals surface area contributed by atoms with Crippen LogP contribution in [0.4, 0.5) is 10.7 Å². The fourth-order valence-corrected chi connectivity index (χ4v) is 3.82. The number of likely N-dealkylation sites (tertiary alicyclic amines) is 1. The summed E-state index contributed by atoms with van der Waals surface area (Å²) in [6.45, 7) is 6.77. The van der Waals surface area contributed by atoms with E-state index in [0.717, 1.165) is 23.9 Å². The molecule has 0 aliphatic carbocycles. The minimum absolute atomic E-state index is 0.0403. The predicted molar refractivity (Wildman–Crippen MR) is 118 cm³/mol. The van der Waals surface area contributed by atoms with Crippen molar-refractivity contribution in [2.45, 2.75) is 51.8 Å².